The monoisotopic (exact) mass is 504 g/mol. The molecule has 0 unspecified atom stereocenters. The van der Waals surface area contributed by atoms with Crippen molar-refractivity contribution >= 4 is 28.9 Å². The highest BCUT2D eigenvalue weighted by Crippen LogP contribution is 2.42. The second-order valence-electron chi connectivity index (χ2n) is 11.2. The minimum atomic E-state index is -1.25. The molecule has 0 saturated carbocycles. The van der Waals surface area contributed by atoms with Crippen LogP contribution in [0.15, 0.2) is 35.6 Å². The molecule has 1 aliphatic rings. The molecular weight excluding hydrogens is 462 g/mol. The summed E-state index contributed by atoms with van der Waals surface area (Å²) in [5.74, 6) is -0.0997. The highest BCUT2D eigenvalue weighted by atomic mass is 35.5. The first-order valence-electron chi connectivity index (χ1n) is 13.0. The number of aliphatic hydroxyl groups is 1. The second kappa shape index (κ2) is 12.7. The van der Waals surface area contributed by atoms with E-state index in [1.165, 1.54) is 0 Å². The number of hydrogen-bond acceptors (Lipinski definition) is 4. The smallest absolute Gasteiger partial charge is 0.335 e. The van der Waals surface area contributed by atoms with Gasteiger partial charge in [-0.25, -0.2) is 0 Å². The maximum Gasteiger partial charge on any atom is 0.335 e. The Morgan fingerprint density at radius 3 is 1.97 bits per heavy atom. The average molecular weight is 505 g/mol. The highest BCUT2D eigenvalue weighted by Gasteiger charge is 2.56. The molecule has 0 radical (unpaired) electrons. The Balaban J connectivity index is 2.58. The van der Waals surface area contributed by atoms with Crippen molar-refractivity contribution in [2.45, 2.75) is 86.5 Å². The molecular formula is C29H43ClNO4+. The molecule has 0 aromatic heterocycles. The summed E-state index contributed by atoms with van der Waals surface area (Å²) < 4.78 is 0.847. The van der Waals surface area contributed by atoms with E-state index in [9.17, 15) is 19.9 Å². The normalized spacial score (nSPS) is 17.8. The van der Waals surface area contributed by atoms with Crippen molar-refractivity contribution < 1.29 is 24.6 Å². The number of carbonyl (C=O) groups excluding carboxylic acids is 2. The first kappa shape index (κ1) is 29.1. The van der Waals surface area contributed by atoms with E-state index in [0.717, 1.165) is 23.1 Å². The van der Waals surface area contributed by atoms with E-state index >= 15 is 0 Å². The number of ketones is 2. The summed E-state index contributed by atoms with van der Waals surface area (Å²) in [4.78, 5) is 27.9. The summed E-state index contributed by atoms with van der Waals surface area (Å²) in [6.45, 7) is 12.5. The summed E-state index contributed by atoms with van der Waals surface area (Å²) >= 11 is 6.09. The van der Waals surface area contributed by atoms with Crippen LogP contribution in [0.4, 0.5) is 0 Å². The van der Waals surface area contributed by atoms with Crippen LogP contribution in [0.25, 0.3) is 0 Å². The fraction of sp³-hybridized carbons (Fsp3) is 0.621. The lowest BCUT2D eigenvalue weighted by molar-refractivity contribution is -0.773. The topological polar surface area (TPSA) is 77.6 Å². The van der Waals surface area contributed by atoms with Crippen LogP contribution in [0.5, 0.6) is 0 Å². The Labute approximate surface area is 215 Å². The van der Waals surface area contributed by atoms with E-state index in [2.05, 4.69) is 41.5 Å². The lowest BCUT2D eigenvalue weighted by Gasteiger charge is -2.35. The van der Waals surface area contributed by atoms with E-state index in [0.29, 0.717) is 54.9 Å². The van der Waals surface area contributed by atoms with Gasteiger partial charge in [0.25, 0.3) is 0 Å². The van der Waals surface area contributed by atoms with Crippen LogP contribution in [-0.4, -0.2) is 38.9 Å². The number of halogens is 1. The molecule has 0 spiro atoms. The Morgan fingerprint density at radius 2 is 1.46 bits per heavy atom. The Bertz CT molecular complexity index is 963. The van der Waals surface area contributed by atoms with Crippen molar-refractivity contribution in [3.63, 3.8) is 0 Å². The average Bonchev–Trinajstić information content (AvgIpc) is 2.77. The number of hydrogen-bond donors (Lipinski definition) is 2. The van der Waals surface area contributed by atoms with E-state index in [1.807, 2.05) is 18.2 Å². The third-order valence-corrected chi connectivity index (χ3v) is 7.13. The van der Waals surface area contributed by atoms with E-state index in [4.69, 9.17) is 11.6 Å². The number of allylic oxidation sites excluding steroid dienone is 2. The largest absolute Gasteiger partial charge is 0.502 e. The molecule has 5 nitrogen and oxygen atoms in total. The molecule has 1 aromatic carbocycles. The Kier molecular flexibility index (Phi) is 10.6. The van der Waals surface area contributed by atoms with Gasteiger partial charge in [-0.05, 0) is 78.7 Å². The van der Waals surface area contributed by atoms with Gasteiger partial charge in [0, 0.05) is 17.0 Å². The number of hydroxylamine groups is 1. The van der Waals surface area contributed by atoms with Crippen LogP contribution in [0, 0.1) is 23.2 Å². The molecule has 0 amide bonds. The van der Waals surface area contributed by atoms with Gasteiger partial charge in [-0.3, -0.25) is 14.8 Å². The number of rotatable bonds is 12. The van der Waals surface area contributed by atoms with Crippen LogP contribution >= 0.6 is 11.6 Å². The van der Waals surface area contributed by atoms with Gasteiger partial charge in [-0.2, -0.15) is 0 Å². The van der Waals surface area contributed by atoms with Gasteiger partial charge in [-0.15, -0.1) is 0 Å². The summed E-state index contributed by atoms with van der Waals surface area (Å²) in [7, 11) is 0. The zero-order valence-electron chi connectivity index (χ0n) is 22.2. The molecule has 0 heterocycles. The summed E-state index contributed by atoms with van der Waals surface area (Å²) in [6.07, 6.45) is 3.79. The van der Waals surface area contributed by atoms with Crippen molar-refractivity contribution in [3.05, 3.63) is 46.2 Å². The highest BCUT2D eigenvalue weighted by molar-refractivity contribution is 6.52. The lowest BCUT2D eigenvalue weighted by Crippen LogP contribution is -2.51. The minimum Gasteiger partial charge on any atom is -0.502 e. The number of Topliss-reactive ketones (excluding diaryl/α,β-unsaturated/α-hetero) is 2. The molecule has 1 aliphatic carbocycles. The van der Waals surface area contributed by atoms with Crippen molar-refractivity contribution in [2.75, 3.05) is 6.54 Å². The van der Waals surface area contributed by atoms with Crippen molar-refractivity contribution in [2.24, 2.45) is 23.2 Å². The molecule has 2 N–H and O–H groups in total. The Hall–Kier alpha value is -2.14. The lowest BCUT2D eigenvalue weighted by atomic mass is 9.63. The maximum atomic E-state index is 14.0. The predicted octanol–water partition coefficient (Wildman–Crippen LogP) is 6.98. The van der Waals surface area contributed by atoms with Crippen LogP contribution < -0.4 is 0 Å². The molecule has 0 bridgehead atoms. The maximum absolute atomic E-state index is 14.0. The fourth-order valence-electron chi connectivity index (χ4n) is 4.57. The molecule has 1 aromatic rings. The van der Waals surface area contributed by atoms with Crippen LogP contribution in [-0.2, 0) is 16.0 Å². The van der Waals surface area contributed by atoms with E-state index in [1.54, 1.807) is 6.07 Å². The Morgan fingerprint density at radius 1 is 0.886 bits per heavy atom. The predicted molar refractivity (Wildman–Crippen MR) is 141 cm³/mol. The zero-order valence-corrected chi connectivity index (χ0v) is 23.0. The number of benzene rings is 1. The van der Waals surface area contributed by atoms with E-state index < -0.39 is 11.2 Å². The molecule has 35 heavy (non-hydrogen) atoms. The van der Waals surface area contributed by atoms with Gasteiger partial charge in [0.15, 0.2) is 12.3 Å². The molecule has 0 aliphatic heterocycles. The number of carbonyl (C=O) groups is 2. The molecule has 6 heteroatoms. The second-order valence-corrected chi connectivity index (χ2v) is 11.7. The van der Waals surface area contributed by atoms with Gasteiger partial charge >= 0.3 is 5.71 Å². The summed E-state index contributed by atoms with van der Waals surface area (Å²) in [5.41, 5.74) is -0.203. The zero-order chi connectivity index (χ0) is 26.3. The first-order chi connectivity index (χ1) is 16.4. The van der Waals surface area contributed by atoms with Gasteiger partial charge in [0.2, 0.25) is 11.5 Å². The third-order valence-electron chi connectivity index (χ3n) is 6.90. The molecule has 0 saturated heterocycles. The quantitative estimate of drug-likeness (QED) is 0.139. The SMILES string of the molecule is CC(C)CCC1=C(O)C(=[N+](O)CCc2cccc(Cl)c2)C(=O)C(CCC(C)C)(CCC(C)C)C1=O. The van der Waals surface area contributed by atoms with Gasteiger partial charge in [0.05, 0.1) is 0 Å². The van der Waals surface area contributed by atoms with Crippen molar-refractivity contribution in [1.29, 1.82) is 0 Å². The fourth-order valence-corrected chi connectivity index (χ4v) is 4.78. The van der Waals surface area contributed by atoms with Gasteiger partial charge < -0.3 is 5.11 Å². The van der Waals surface area contributed by atoms with Gasteiger partial charge in [0.1, 0.15) is 5.41 Å². The first-order valence-corrected chi connectivity index (χ1v) is 13.4. The molecule has 0 atom stereocenters. The standard InChI is InChI=1S/C29H42ClNO4/c1-19(2)10-11-24-26(32)25(31(35)17-14-22-8-7-9-23(30)18-22)28(34)29(27(24)33,15-12-20(3)4)16-13-21(5)6/h7-9,18-21H,10-17H2,1-6H3,(H-,32,33,34,35)/p+1. The van der Waals surface area contributed by atoms with Crippen LogP contribution in [0.2, 0.25) is 5.02 Å². The summed E-state index contributed by atoms with van der Waals surface area (Å²) in [6, 6.07) is 7.32. The van der Waals surface area contributed by atoms with E-state index in [-0.39, 0.29) is 29.4 Å². The molecule has 194 valence electrons. The van der Waals surface area contributed by atoms with Crippen LogP contribution in [0.1, 0.15) is 85.6 Å². The van der Waals surface area contributed by atoms with Crippen molar-refractivity contribution in [3.8, 4) is 0 Å². The third kappa shape index (κ3) is 7.42. The number of nitrogens with zero attached hydrogens (tertiary/aromatic N) is 1. The molecule has 0 fully saturated rings. The van der Waals surface area contributed by atoms with Crippen LogP contribution in [0.3, 0.4) is 0 Å². The van der Waals surface area contributed by atoms with Gasteiger partial charge in [-0.1, -0.05) is 65.3 Å². The summed E-state index contributed by atoms with van der Waals surface area (Å²) in [5, 5.41) is 22.8. The number of aliphatic hydroxyl groups excluding tert-OH is 1. The minimum absolute atomic E-state index is 0.0988. The van der Waals surface area contributed by atoms with Crippen molar-refractivity contribution in [1.82, 2.24) is 0 Å². The molecule has 2 rings (SSSR count).